The smallest absolute Gasteiger partial charge is 0.0949 e. The minimum absolute atomic E-state index is 0.154. The minimum Gasteiger partial charge on any atom is -0.332 e. The van der Waals surface area contributed by atoms with E-state index in [1.165, 1.54) is 24.3 Å². The van der Waals surface area contributed by atoms with E-state index in [0.29, 0.717) is 4.75 Å². The van der Waals surface area contributed by atoms with Gasteiger partial charge in [-0.3, -0.25) is 0 Å². The summed E-state index contributed by atoms with van der Waals surface area (Å²) in [6, 6.07) is 0. The first-order valence-electron chi connectivity index (χ1n) is 6.76. The molecule has 1 aliphatic heterocycles. The maximum absolute atomic E-state index is 4.31. The number of hydrogen-bond acceptors (Lipinski definition) is 3. The summed E-state index contributed by atoms with van der Waals surface area (Å²) in [5, 5.41) is 3.53. The van der Waals surface area contributed by atoms with Gasteiger partial charge in [-0.1, -0.05) is 0 Å². The van der Waals surface area contributed by atoms with E-state index in [1.807, 2.05) is 12.5 Å². The topological polar surface area (TPSA) is 29.9 Å². The summed E-state index contributed by atoms with van der Waals surface area (Å²) in [5.41, 5.74) is 1.44. The molecule has 2 heterocycles. The standard InChI is InChI=1S/C14H25N3S/c1-13(2,3)16-9-12-8-15-11-17(12)10-14(4)6-5-7-18-14/h8,11,16H,5-7,9-10H2,1-4H3. The van der Waals surface area contributed by atoms with Crippen LogP contribution >= 0.6 is 11.8 Å². The molecule has 0 spiro atoms. The second-order valence-electron chi connectivity index (χ2n) is 6.52. The van der Waals surface area contributed by atoms with Crippen LogP contribution in [0, 0.1) is 0 Å². The van der Waals surface area contributed by atoms with Gasteiger partial charge in [0.2, 0.25) is 0 Å². The maximum atomic E-state index is 4.31. The number of nitrogens with one attached hydrogen (secondary N) is 1. The van der Waals surface area contributed by atoms with Gasteiger partial charge in [0.15, 0.2) is 0 Å². The third-order valence-corrected chi connectivity index (χ3v) is 4.93. The van der Waals surface area contributed by atoms with Crippen LogP contribution in [0.15, 0.2) is 12.5 Å². The number of aromatic nitrogens is 2. The summed E-state index contributed by atoms with van der Waals surface area (Å²) >= 11 is 2.11. The highest BCUT2D eigenvalue weighted by Gasteiger charge is 2.30. The number of hydrogen-bond donors (Lipinski definition) is 1. The van der Waals surface area contributed by atoms with E-state index in [-0.39, 0.29) is 5.54 Å². The molecule has 1 saturated heterocycles. The van der Waals surface area contributed by atoms with Gasteiger partial charge in [-0.15, -0.1) is 0 Å². The van der Waals surface area contributed by atoms with E-state index < -0.39 is 0 Å². The maximum Gasteiger partial charge on any atom is 0.0949 e. The Morgan fingerprint density at radius 1 is 1.50 bits per heavy atom. The van der Waals surface area contributed by atoms with Gasteiger partial charge in [0.05, 0.1) is 12.0 Å². The Kier molecular flexibility index (Phi) is 4.07. The number of thioether (sulfide) groups is 1. The van der Waals surface area contributed by atoms with E-state index in [2.05, 4.69) is 54.3 Å². The van der Waals surface area contributed by atoms with Crippen molar-refractivity contribution in [1.29, 1.82) is 0 Å². The summed E-state index contributed by atoms with van der Waals surface area (Å²) < 4.78 is 2.72. The monoisotopic (exact) mass is 267 g/mol. The van der Waals surface area contributed by atoms with Gasteiger partial charge in [-0.05, 0) is 46.3 Å². The molecule has 1 aliphatic rings. The molecule has 1 fully saturated rings. The zero-order chi connectivity index (χ0) is 13.2. The van der Waals surface area contributed by atoms with Crippen molar-refractivity contribution < 1.29 is 0 Å². The Labute approximate surface area is 115 Å². The van der Waals surface area contributed by atoms with E-state index in [0.717, 1.165) is 13.1 Å². The first-order chi connectivity index (χ1) is 8.38. The molecule has 0 saturated carbocycles. The summed E-state index contributed by atoms with van der Waals surface area (Å²) in [7, 11) is 0. The van der Waals surface area contributed by atoms with Crippen LogP contribution in [0.3, 0.4) is 0 Å². The normalized spacial score (nSPS) is 24.7. The second kappa shape index (κ2) is 5.25. The minimum atomic E-state index is 0.154. The predicted molar refractivity (Wildman–Crippen MR) is 78.9 cm³/mol. The van der Waals surface area contributed by atoms with Crippen molar-refractivity contribution in [2.75, 3.05) is 5.75 Å². The fourth-order valence-electron chi connectivity index (χ4n) is 2.32. The summed E-state index contributed by atoms with van der Waals surface area (Å²) in [6.45, 7) is 10.9. The second-order valence-corrected chi connectivity index (χ2v) is 8.20. The van der Waals surface area contributed by atoms with E-state index >= 15 is 0 Å². The zero-order valence-electron chi connectivity index (χ0n) is 12.0. The summed E-state index contributed by atoms with van der Waals surface area (Å²) in [6.07, 6.45) is 6.64. The fourth-order valence-corrected chi connectivity index (χ4v) is 3.62. The van der Waals surface area contributed by atoms with Crippen molar-refractivity contribution in [3.63, 3.8) is 0 Å². The van der Waals surface area contributed by atoms with Gasteiger partial charge in [-0.25, -0.2) is 4.98 Å². The fraction of sp³-hybridized carbons (Fsp3) is 0.786. The molecule has 1 atom stereocenters. The zero-order valence-corrected chi connectivity index (χ0v) is 12.8. The molecular formula is C14H25N3S. The number of rotatable bonds is 4. The van der Waals surface area contributed by atoms with Crippen molar-refractivity contribution >= 4 is 11.8 Å². The van der Waals surface area contributed by atoms with E-state index in [1.54, 1.807) is 0 Å². The lowest BCUT2D eigenvalue weighted by atomic mass is 10.1. The molecular weight excluding hydrogens is 242 g/mol. The van der Waals surface area contributed by atoms with Gasteiger partial charge in [0.1, 0.15) is 0 Å². The van der Waals surface area contributed by atoms with Crippen LogP contribution in [0.2, 0.25) is 0 Å². The Morgan fingerprint density at radius 3 is 2.89 bits per heavy atom. The van der Waals surface area contributed by atoms with Crippen molar-refractivity contribution in [3.05, 3.63) is 18.2 Å². The Bertz CT molecular complexity index is 386. The van der Waals surface area contributed by atoms with Gasteiger partial charge < -0.3 is 9.88 Å². The molecule has 0 amide bonds. The van der Waals surface area contributed by atoms with Crippen molar-refractivity contribution in [2.45, 2.75) is 63.9 Å². The van der Waals surface area contributed by atoms with Gasteiger partial charge >= 0.3 is 0 Å². The average Bonchev–Trinajstić information content (AvgIpc) is 2.84. The first kappa shape index (κ1) is 13.9. The van der Waals surface area contributed by atoms with E-state index in [9.17, 15) is 0 Å². The molecule has 102 valence electrons. The third kappa shape index (κ3) is 3.75. The number of nitrogens with zero attached hydrogens (tertiary/aromatic N) is 2. The van der Waals surface area contributed by atoms with Crippen LogP contribution in [-0.4, -0.2) is 25.6 Å². The largest absolute Gasteiger partial charge is 0.332 e. The van der Waals surface area contributed by atoms with Crippen LogP contribution in [0.4, 0.5) is 0 Å². The van der Waals surface area contributed by atoms with Gasteiger partial charge in [-0.2, -0.15) is 11.8 Å². The lowest BCUT2D eigenvalue weighted by Gasteiger charge is -2.25. The molecule has 0 radical (unpaired) electrons. The Morgan fingerprint density at radius 2 is 2.28 bits per heavy atom. The van der Waals surface area contributed by atoms with Crippen LogP contribution in [-0.2, 0) is 13.1 Å². The first-order valence-corrected chi connectivity index (χ1v) is 7.75. The highest BCUT2D eigenvalue weighted by Crippen LogP contribution is 2.39. The lowest BCUT2D eigenvalue weighted by Crippen LogP contribution is -2.36. The third-order valence-electron chi connectivity index (χ3n) is 3.40. The van der Waals surface area contributed by atoms with Gasteiger partial charge in [0.25, 0.3) is 0 Å². The van der Waals surface area contributed by atoms with Crippen LogP contribution in [0.25, 0.3) is 0 Å². The molecule has 0 bridgehead atoms. The summed E-state index contributed by atoms with van der Waals surface area (Å²) in [5.74, 6) is 1.31. The van der Waals surface area contributed by atoms with Crippen LogP contribution in [0.5, 0.6) is 0 Å². The SMILES string of the molecule is CC(C)(C)NCc1cncn1CC1(C)CCCS1. The van der Waals surface area contributed by atoms with Crippen LogP contribution in [0.1, 0.15) is 46.2 Å². The van der Waals surface area contributed by atoms with Crippen molar-refractivity contribution in [1.82, 2.24) is 14.9 Å². The van der Waals surface area contributed by atoms with Crippen molar-refractivity contribution in [3.8, 4) is 0 Å². The molecule has 18 heavy (non-hydrogen) atoms. The Hall–Kier alpha value is -0.480. The average molecular weight is 267 g/mol. The van der Waals surface area contributed by atoms with Gasteiger partial charge in [0, 0.05) is 29.6 Å². The molecule has 1 aromatic rings. The molecule has 1 N–H and O–H groups in total. The number of imidazole rings is 1. The van der Waals surface area contributed by atoms with E-state index in [4.69, 9.17) is 0 Å². The highest BCUT2D eigenvalue weighted by atomic mass is 32.2. The summed E-state index contributed by atoms with van der Waals surface area (Å²) in [4.78, 5) is 4.31. The van der Waals surface area contributed by atoms with Crippen LogP contribution < -0.4 is 5.32 Å². The van der Waals surface area contributed by atoms with Crippen molar-refractivity contribution in [2.24, 2.45) is 0 Å². The molecule has 0 aromatic carbocycles. The molecule has 1 aromatic heterocycles. The quantitative estimate of drug-likeness (QED) is 0.909. The molecule has 2 rings (SSSR count). The highest BCUT2D eigenvalue weighted by molar-refractivity contribution is 8.00. The predicted octanol–water partition coefficient (Wildman–Crippen LogP) is 3.06. The molecule has 4 heteroatoms. The Balaban J connectivity index is 1.99. The lowest BCUT2D eigenvalue weighted by molar-refractivity contribution is 0.410. The molecule has 3 nitrogen and oxygen atoms in total. The molecule has 0 aliphatic carbocycles. The molecule has 1 unspecified atom stereocenters.